The van der Waals surface area contributed by atoms with Crippen molar-refractivity contribution < 1.29 is 9.59 Å². The van der Waals surface area contributed by atoms with Gasteiger partial charge in [-0.15, -0.1) is 0 Å². The van der Waals surface area contributed by atoms with Crippen molar-refractivity contribution in [2.75, 3.05) is 24.5 Å². The third-order valence-corrected chi connectivity index (χ3v) is 6.47. The maximum atomic E-state index is 12.9. The zero-order chi connectivity index (χ0) is 20.0. The number of hydrogen-bond donors (Lipinski definition) is 2. The molecule has 2 N–H and O–H groups in total. The Morgan fingerprint density at radius 2 is 2.17 bits per heavy atom. The maximum Gasteiger partial charge on any atom is 0.241 e. The molecular weight excluding hydrogens is 368 g/mol. The molecule has 1 spiro atoms. The van der Waals surface area contributed by atoms with Crippen LogP contribution >= 0.6 is 0 Å². The van der Waals surface area contributed by atoms with E-state index in [4.69, 9.17) is 0 Å². The lowest BCUT2D eigenvalue weighted by atomic mass is 9.57. The first-order valence-electron chi connectivity index (χ1n) is 10.1. The van der Waals surface area contributed by atoms with Gasteiger partial charge in [-0.1, -0.05) is 0 Å². The quantitative estimate of drug-likeness (QED) is 0.784. The maximum absolute atomic E-state index is 12.9. The van der Waals surface area contributed by atoms with Crippen LogP contribution in [0.15, 0.2) is 30.9 Å². The van der Waals surface area contributed by atoms with E-state index in [0.717, 1.165) is 37.2 Å². The molecule has 0 bridgehead atoms. The van der Waals surface area contributed by atoms with Gasteiger partial charge in [-0.3, -0.25) is 19.5 Å². The minimum atomic E-state index is -0.523. The number of Topliss-reactive ketones (excluding diaryl/α,β-unsaturated/α-hetero) is 1. The number of rotatable bonds is 5. The third-order valence-electron chi connectivity index (χ3n) is 6.47. The van der Waals surface area contributed by atoms with E-state index in [1.807, 2.05) is 12.3 Å². The molecule has 1 saturated carbocycles. The topological polar surface area (TPSA) is 100 Å². The van der Waals surface area contributed by atoms with Crippen LogP contribution in [0.4, 0.5) is 5.69 Å². The number of aromatic nitrogens is 3. The Bertz CT molecular complexity index is 951. The van der Waals surface area contributed by atoms with Crippen LogP contribution in [0.2, 0.25) is 0 Å². The lowest BCUT2D eigenvalue weighted by Gasteiger charge is -2.54. The van der Waals surface area contributed by atoms with Gasteiger partial charge >= 0.3 is 0 Å². The molecule has 2 aromatic heterocycles. The average molecular weight is 392 g/mol. The highest BCUT2D eigenvalue weighted by atomic mass is 16.2. The Labute approximate surface area is 169 Å². The largest absolute Gasteiger partial charge is 0.316 e. The normalized spacial score (nSPS) is 22.3. The molecule has 1 aliphatic carbocycles. The van der Waals surface area contributed by atoms with Crippen LogP contribution in [0.3, 0.4) is 0 Å². The summed E-state index contributed by atoms with van der Waals surface area (Å²) in [7, 11) is 0. The SMILES string of the molecule is CC1C(=O)c2ncc(C3CC4(CNC4)C3)cc2N1C(=O)CNCc1ccncn1. The zero-order valence-electron chi connectivity index (χ0n) is 16.4. The Kier molecular flexibility index (Phi) is 4.40. The Morgan fingerprint density at radius 3 is 2.86 bits per heavy atom. The smallest absolute Gasteiger partial charge is 0.241 e. The van der Waals surface area contributed by atoms with Crippen molar-refractivity contribution in [3.63, 3.8) is 0 Å². The predicted octanol–water partition coefficient (Wildman–Crippen LogP) is 1.05. The zero-order valence-corrected chi connectivity index (χ0v) is 16.4. The molecule has 2 fully saturated rings. The second-order valence-corrected chi connectivity index (χ2v) is 8.45. The van der Waals surface area contributed by atoms with Crippen LogP contribution < -0.4 is 15.5 Å². The van der Waals surface area contributed by atoms with Gasteiger partial charge < -0.3 is 10.6 Å². The van der Waals surface area contributed by atoms with Crippen molar-refractivity contribution in [2.24, 2.45) is 5.41 Å². The monoisotopic (exact) mass is 392 g/mol. The van der Waals surface area contributed by atoms with E-state index in [9.17, 15) is 9.59 Å². The van der Waals surface area contributed by atoms with Crippen molar-refractivity contribution in [1.82, 2.24) is 25.6 Å². The summed E-state index contributed by atoms with van der Waals surface area (Å²) in [6.45, 7) is 4.56. The van der Waals surface area contributed by atoms with Gasteiger partial charge in [0.25, 0.3) is 0 Å². The minimum absolute atomic E-state index is 0.0935. The summed E-state index contributed by atoms with van der Waals surface area (Å²) in [6.07, 6.45) is 7.28. The first-order chi connectivity index (χ1) is 14.1. The third kappa shape index (κ3) is 3.12. The molecule has 1 amide bonds. The lowest BCUT2D eigenvalue weighted by Crippen LogP contribution is -2.59. The van der Waals surface area contributed by atoms with Crippen molar-refractivity contribution in [1.29, 1.82) is 0 Å². The number of carbonyl (C=O) groups is 2. The standard InChI is InChI=1S/C21H24N6O2/c1-13-20(29)19-17(4-14(7-25-19)15-5-21(6-15)10-24-11-21)27(13)18(28)9-23-8-16-2-3-22-12-26-16/h2-4,7,12-13,15,23-24H,5-6,8-11H2,1H3. The highest BCUT2D eigenvalue weighted by Gasteiger charge is 2.49. The molecule has 1 saturated heterocycles. The molecule has 0 radical (unpaired) electrons. The summed E-state index contributed by atoms with van der Waals surface area (Å²) >= 11 is 0. The summed E-state index contributed by atoms with van der Waals surface area (Å²) in [5.74, 6) is 0.239. The summed E-state index contributed by atoms with van der Waals surface area (Å²) in [5, 5.41) is 6.46. The fourth-order valence-corrected chi connectivity index (χ4v) is 4.73. The molecule has 150 valence electrons. The molecule has 29 heavy (non-hydrogen) atoms. The van der Waals surface area contributed by atoms with E-state index in [-0.39, 0.29) is 18.2 Å². The van der Waals surface area contributed by atoms with E-state index in [1.165, 1.54) is 6.33 Å². The first kappa shape index (κ1) is 18.3. The summed E-state index contributed by atoms with van der Waals surface area (Å²) < 4.78 is 0. The Morgan fingerprint density at radius 1 is 1.34 bits per heavy atom. The summed E-state index contributed by atoms with van der Waals surface area (Å²) in [6, 6.07) is 3.29. The Balaban J connectivity index is 1.30. The van der Waals surface area contributed by atoms with Crippen molar-refractivity contribution >= 4 is 17.4 Å². The second kappa shape index (κ2) is 6.96. The van der Waals surface area contributed by atoms with E-state index in [1.54, 1.807) is 24.1 Å². The van der Waals surface area contributed by atoms with Gasteiger partial charge in [0.2, 0.25) is 11.7 Å². The van der Waals surface area contributed by atoms with Crippen LogP contribution in [0.1, 0.15) is 47.4 Å². The predicted molar refractivity (Wildman–Crippen MR) is 107 cm³/mol. The fraction of sp³-hybridized carbons (Fsp3) is 0.476. The van der Waals surface area contributed by atoms with Crippen LogP contribution in [0, 0.1) is 5.41 Å². The summed E-state index contributed by atoms with van der Waals surface area (Å²) in [5.41, 5.74) is 3.47. The van der Waals surface area contributed by atoms with Crippen LogP contribution in [0.5, 0.6) is 0 Å². The number of anilines is 1. The second-order valence-electron chi connectivity index (χ2n) is 8.45. The van der Waals surface area contributed by atoms with E-state index in [0.29, 0.717) is 29.3 Å². The number of ketones is 1. The molecule has 1 atom stereocenters. The average Bonchev–Trinajstić information content (AvgIpc) is 2.91. The van der Waals surface area contributed by atoms with Gasteiger partial charge in [0, 0.05) is 32.0 Å². The van der Waals surface area contributed by atoms with Crippen LogP contribution in [-0.4, -0.2) is 52.3 Å². The molecule has 2 aromatic rings. The number of nitrogens with zero attached hydrogens (tertiary/aromatic N) is 4. The Hall–Kier alpha value is -2.71. The molecular formula is C21H24N6O2. The van der Waals surface area contributed by atoms with Gasteiger partial charge in [-0.25, -0.2) is 9.97 Å². The number of fused-ring (bicyclic) bond motifs is 1. The number of nitrogens with one attached hydrogen (secondary N) is 2. The van der Waals surface area contributed by atoms with E-state index >= 15 is 0 Å². The molecule has 2 aliphatic heterocycles. The van der Waals surface area contributed by atoms with Gasteiger partial charge in [-0.05, 0) is 48.8 Å². The summed E-state index contributed by atoms with van der Waals surface area (Å²) in [4.78, 5) is 39.6. The molecule has 8 nitrogen and oxygen atoms in total. The van der Waals surface area contributed by atoms with E-state index in [2.05, 4.69) is 25.6 Å². The molecule has 8 heteroatoms. The highest BCUT2D eigenvalue weighted by molar-refractivity contribution is 6.16. The number of carbonyl (C=O) groups excluding carboxylic acids is 2. The van der Waals surface area contributed by atoms with Gasteiger partial charge in [0.15, 0.2) is 0 Å². The lowest BCUT2D eigenvalue weighted by molar-refractivity contribution is -0.118. The van der Waals surface area contributed by atoms with Gasteiger partial charge in [0.1, 0.15) is 12.0 Å². The first-order valence-corrected chi connectivity index (χ1v) is 10.1. The highest BCUT2D eigenvalue weighted by Crippen LogP contribution is 2.53. The number of amides is 1. The fourth-order valence-electron chi connectivity index (χ4n) is 4.73. The molecule has 5 rings (SSSR count). The van der Waals surface area contributed by atoms with Gasteiger partial charge in [0.05, 0.1) is 24.0 Å². The number of pyridine rings is 1. The van der Waals surface area contributed by atoms with Crippen molar-refractivity contribution in [3.05, 3.63) is 47.8 Å². The minimum Gasteiger partial charge on any atom is -0.316 e. The van der Waals surface area contributed by atoms with Gasteiger partial charge in [-0.2, -0.15) is 0 Å². The molecule has 3 aliphatic rings. The number of hydrogen-bond acceptors (Lipinski definition) is 7. The van der Waals surface area contributed by atoms with Crippen molar-refractivity contribution in [2.45, 2.75) is 38.3 Å². The van der Waals surface area contributed by atoms with Crippen LogP contribution in [0.25, 0.3) is 0 Å². The molecule has 1 unspecified atom stereocenters. The van der Waals surface area contributed by atoms with Crippen molar-refractivity contribution in [3.8, 4) is 0 Å². The van der Waals surface area contributed by atoms with E-state index < -0.39 is 6.04 Å². The van der Waals surface area contributed by atoms with Crippen LogP contribution in [-0.2, 0) is 11.3 Å². The molecule has 4 heterocycles. The molecule has 0 aromatic carbocycles.